The van der Waals surface area contributed by atoms with Crippen molar-refractivity contribution >= 4 is 40.4 Å². The summed E-state index contributed by atoms with van der Waals surface area (Å²) in [6, 6.07) is 19.5. The number of nitrogens with zero attached hydrogens (tertiary/aromatic N) is 1. The maximum atomic E-state index is 11.9. The van der Waals surface area contributed by atoms with E-state index in [4.69, 9.17) is 4.42 Å². The lowest BCUT2D eigenvalue weighted by Gasteiger charge is -2.07. The van der Waals surface area contributed by atoms with Crippen LogP contribution in [0.25, 0.3) is 11.3 Å². The molecule has 0 saturated carbocycles. The number of nitrogens with one attached hydrogen (secondary N) is 2. The number of hydrogen-bond acceptors (Lipinski definition) is 4. The van der Waals surface area contributed by atoms with Gasteiger partial charge in [-0.05, 0) is 65.4 Å². The zero-order valence-electron chi connectivity index (χ0n) is 14.2. The molecule has 3 rings (SSSR count). The Kier molecular flexibility index (Phi) is 6.06. The Morgan fingerprint density at radius 1 is 1.12 bits per heavy atom. The zero-order valence-corrected chi connectivity index (χ0v) is 16.4. The lowest BCUT2D eigenvalue weighted by atomic mass is 10.2. The van der Waals surface area contributed by atoms with Crippen LogP contribution in [-0.4, -0.2) is 18.7 Å². The van der Waals surface area contributed by atoms with E-state index in [1.807, 2.05) is 67.6 Å². The van der Waals surface area contributed by atoms with E-state index in [1.54, 1.807) is 0 Å². The quantitative estimate of drug-likeness (QED) is 0.326. The van der Waals surface area contributed by atoms with Gasteiger partial charge in [0.2, 0.25) is 0 Å². The molecular formula is C20H18IN3O2. The largest absolute Gasteiger partial charge is 0.455 e. The van der Waals surface area contributed by atoms with Gasteiger partial charge in [0.25, 0.3) is 5.91 Å². The second kappa shape index (κ2) is 8.66. The highest BCUT2D eigenvalue weighted by atomic mass is 127. The van der Waals surface area contributed by atoms with E-state index in [9.17, 15) is 4.79 Å². The average molecular weight is 459 g/mol. The molecule has 1 heterocycles. The van der Waals surface area contributed by atoms with Crippen LogP contribution in [0.2, 0.25) is 0 Å². The molecule has 3 aromatic rings. The summed E-state index contributed by atoms with van der Waals surface area (Å²) in [4.78, 5) is 11.9. The molecule has 0 aliphatic carbocycles. The summed E-state index contributed by atoms with van der Waals surface area (Å²) in [7, 11) is 0. The highest BCUT2D eigenvalue weighted by Gasteiger charge is 2.04. The molecule has 0 radical (unpaired) electrons. The third kappa shape index (κ3) is 4.95. The van der Waals surface area contributed by atoms with E-state index in [2.05, 4.69) is 38.4 Å². The Hall–Kier alpha value is -2.61. The van der Waals surface area contributed by atoms with Crippen molar-refractivity contribution < 1.29 is 9.21 Å². The number of carbonyl (C=O) groups is 1. The van der Waals surface area contributed by atoms with Gasteiger partial charge in [-0.15, -0.1) is 0 Å². The lowest BCUT2D eigenvalue weighted by molar-refractivity contribution is -0.119. The Morgan fingerprint density at radius 3 is 2.65 bits per heavy atom. The third-order valence-electron chi connectivity index (χ3n) is 3.72. The van der Waals surface area contributed by atoms with Gasteiger partial charge in [-0.25, -0.2) is 5.43 Å². The second-order valence-corrected chi connectivity index (χ2v) is 6.92. The number of anilines is 1. The maximum Gasteiger partial charge on any atom is 0.259 e. The number of carbonyl (C=O) groups excluding carboxylic acids is 1. The smallest absolute Gasteiger partial charge is 0.259 e. The van der Waals surface area contributed by atoms with E-state index in [-0.39, 0.29) is 12.5 Å². The average Bonchev–Trinajstić information content (AvgIpc) is 3.10. The monoisotopic (exact) mass is 459 g/mol. The first-order valence-electron chi connectivity index (χ1n) is 8.09. The van der Waals surface area contributed by atoms with Gasteiger partial charge < -0.3 is 9.73 Å². The standard InChI is InChI=1S/C20H18IN3O2/c1-14-4-2-3-5-18(14)22-13-20(25)24-23-12-17-10-11-19(26-17)15-6-8-16(21)9-7-15/h2-12,22H,13H2,1H3,(H,24,25)/b23-12-. The van der Waals surface area contributed by atoms with E-state index >= 15 is 0 Å². The fraction of sp³-hybridized carbons (Fsp3) is 0.100. The van der Waals surface area contributed by atoms with Crippen molar-refractivity contribution in [1.29, 1.82) is 0 Å². The van der Waals surface area contributed by atoms with Gasteiger partial charge in [-0.1, -0.05) is 30.3 Å². The van der Waals surface area contributed by atoms with Crippen LogP contribution in [0.5, 0.6) is 0 Å². The fourth-order valence-electron chi connectivity index (χ4n) is 2.35. The molecule has 1 aromatic heterocycles. The van der Waals surface area contributed by atoms with Crippen molar-refractivity contribution in [2.24, 2.45) is 5.10 Å². The minimum atomic E-state index is -0.228. The van der Waals surface area contributed by atoms with Crippen molar-refractivity contribution in [2.75, 3.05) is 11.9 Å². The third-order valence-corrected chi connectivity index (χ3v) is 4.44. The Bertz CT molecular complexity index is 917. The van der Waals surface area contributed by atoms with Crippen molar-refractivity contribution in [3.63, 3.8) is 0 Å². The van der Waals surface area contributed by atoms with Crippen molar-refractivity contribution in [2.45, 2.75) is 6.92 Å². The molecule has 2 aromatic carbocycles. The van der Waals surface area contributed by atoms with E-state index in [0.717, 1.165) is 22.6 Å². The molecule has 0 aliphatic rings. The van der Waals surface area contributed by atoms with Crippen LogP contribution in [0.15, 0.2) is 70.2 Å². The summed E-state index contributed by atoms with van der Waals surface area (Å²) in [5.74, 6) is 1.11. The number of hydrazone groups is 1. The minimum Gasteiger partial charge on any atom is -0.455 e. The second-order valence-electron chi connectivity index (χ2n) is 5.67. The summed E-state index contributed by atoms with van der Waals surface area (Å²) in [5, 5.41) is 7.02. The number of rotatable bonds is 6. The number of furan rings is 1. The normalized spacial score (nSPS) is 10.8. The van der Waals surface area contributed by atoms with E-state index < -0.39 is 0 Å². The van der Waals surface area contributed by atoms with Crippen molar-refractivity contribution in [3.8, 4) is 11.3 Å². The summed E-state index contributed by atoms with van der Waals surface area (Å²) >= 11 is 2.26. The van der Waals surface area contributed by atoms with Crippen LogP contribution >= 0.6 is 22.6 Å². The number of halogens is 1. The van der Waals surface area contributed by atoms with Gasteiger partial charge in [-0.2, -0.15) is 5.10 Å². The minimum absolute atomic E-state index is 0.147. The van der Waals surface area contributed by atoms with Crippen LogP contribution in [0.4, 0.5) is 5.69 Å². The topological polar surface area (TPSA) is 66.6 Å². The van der Waals surface area contributed by atoms with Crippen LogP contribution in [0, 0.1) is 10.5 Å². The molecule has 0 fully saturated rings. The first kappa shape index (κ1) is 18.2. The number of hydrogen-bond donors (Lipinski definition) is 2. The number of benzene rings is 2. The Morgan fingerprint density at radius 2 is 1.88 bits per heavy atom. The first-order valence-corrected chi connectivity index (χ1v) is 9.17. The molecule has 6 heteroatoms. The molecular weight excluding hydrogens is 441 g/mol. The molecule has 0 saturated heterocycles. The highest BCUT2D eigenvalue weighted by Crippen LogP contribution is 2.22. The molecule has 132 valence electrons. The van der Waals surface area contributed by atoms with Gasteiger partial charge in [0.05, 0.1) is 12.8 Å². The number of amides is 1. The predicted molar refractivity (Wildman–Crippen MR) is 112 cm³/mol. The maximum absolute atomic E-state index is 11.9. The van der Waals surface area contributed by atoms with Gasteiger partial charge in [0.15, 0.2) is 0 Å². The SMILES string of the molecule is Cc1ccccc1NCC(=O)N/N=C\c1ccc(-c2ccc(I)cc2)o1. The predicted octanol–water partition coefficient (Wildman–Crippen LogP) is 4.42. The molecule has 26 heavy (non-hydrogen) atoms. The van der Waals surface area contributed by atoms with Crippen LogP contribution < -0.4 is 10.7 Å². The van der Waals surface area contributed by atoms with Crippen LogP contribution in [-0.2, 0) is 4.79 Å². The van der Waals surface area contributed by atoms with Gasteiger partial charge in [-0.3, -0.25) is 4.79 Å². The lowest BCUT2D eigenvalue weighted by Crippen LogP contribution is -2.26. The molecule has 1 amide bonds. The molecule has 5 nitrogen and oxygen atoms in total. The van der Waals surface area contributed by atoms with Crippen molar-refractivity contribution in [1.82, 2.24) is 5.43 Å². The first-order chi connectivity index (χ1) is 12.6. The highest BCUT2D eigenvalue weighted by molar-refractivity contribution is 14.1. The Labute approximate surface area is 165 Å². The van der Waals surface area contributed by atoms with Gasteiger partial charge in [0.1, 0.15) is 11.5 Å². The van der Waals surface area contributed by atoms with E-state index in [1.165, 1.54) is 9.78 Å². The molecule has 0 spiro atoms. The summed E-state index contributed by atoms with van der Waals surface area (Å²) in [6.07, 6.45) is 1.49. The number of para-hydroxylation sites is 1. The summed E-state index contributed by atoms with van der Waals surface area (Å²) in [5.41, 5.74) is 5.50. The zero-order chi connectivity index (χ0) is 18.4. The summed E-state index contributed by atoms with van der Waals surface area (Å²) < 4.78 is 6.89. The molecule has 0 unspecified atom stereocenters. The molecule has 0 bridgehead atoms. The van der Waals surface area contributed by atoms with Crippen LogP contribution in [0.1, 0.15) is 11.3 Å². The number of aryl methyl sites for hydroxylation is 1. The van der Waals surface area contributed by atoms with Crippen LogP contribution in [0.3, 0.4) is 0 Å². The van der Waals surface area contributed by atoms with Gasteiger partial charge in [0, 0.05) is 14.8 Å². The fourth-order valence-corrected chi connectivity index (χ4v) is 2.71. The van der Waals surface area contributed by atoms with E-state index in [0.29, 0.717) is 5.76 Å². The van der Waals surface area contributed by atoms with Gasteiger partial charge >= 0.3 is 0 Å². The Balaban J connectivity index is 1.51. The molecule has 0 aliphatic heterocycles. The van der Waals surface area contributed by atoms with Crippen molar-refractivity contribution in [3.05, 3.63) is 75.6 Å². The molecule has 0 atom stereocenters. The molecule has 2 N–H and O–H groups in total. The summed E-state index contributed by atoms with van der Waals surface area (Å²) in [6.45, 7) is 2.13.